The van der Waals surface area contributed by atoms with Gasteiger partial charge in [-0.25, -0.2) is 0 Å². The fraction of sp³-hybridized carbons (Fsp3) is 0.306. The first kappa shape index (κ1) is 29.5. The highest BCUT2D eigenvalue weighted by atomic mass is 35.5. The number of hydrogen-bond acceptors (Lipinski definition) is 5. The molecule has 0 aromatic heterocycles. The number of aliphatic hydroxyl groups is 1. The van der Waals surface area contributed by atoms with Crippen LogP contribution in [0.5, 0.6) is 0 Å². The minimum atomic E-state index is -1.44. The van der Waals surface area contributed by atoms with E-state index in [9.17, 15) is 19.5 Å². The van der Waals surface area contributed by atoms with Gasteiger partial charge < -0.3 is 24.5 Å². The molecule has 3 aromatic carbocycles. The average molecular weight is 624 g/mol. The maximum absolute atomic E-state index is 14.9. The van der Waals surface area contributed by atoms with Gasteiger partial charge >= 0.3 is 0 Å². The van der Waals surface area contributed by atoms with E-state index in [1.165, 1.54) is 4.90 Å². The largest absolute Gasteiger partial charge is 0.394 e. The molecule has 3 aromatic rings. The molecule has 1 unspecified atom stereocenters. The maximum atomic E-state index is 14.9. The van der Waals surface area contributed by atoms with Crippen LogP contribution in [0.3, 0.4) is 0 Å². The number of ether oxygens (including phenoxy) is 1. The van der Waals surface area contributed by atoms with Crippen LogP contribution >= 0.6 is 11.6 Å². The molecule has 1 N–H and O–H groups in total. The molecule has 4 aliphatic rings. The highest BCUT2D eigenvalue weighted by molar-refractivity contribution is 6.34. The lowest BCUT2D eigenvalue weighted by Crippen LogP contribution is -2.56. The number of carbonyl (C=O) groups excluding carboxylic acids is 3. The second-order valence-electron chi connectivity index (χ2n) is 12.1. The average Bonchev–Trinajstić information content (AvgIpc) is 3.37. The Morgan fingerprint density at radius 3 is 2.36 bits per heavy atom. The lowest BCUT2D eigenvalue weighted by molar-refractivity contribution is -0.147. The topological polar surface area (TPSA) is 90.4 Å². The number of aryl methyl sites for hydroxylation is 1. The van der Waals surface area contributed by atoms with Crippen molar-refractivity contribution >= 4 is 35.0 Å². The molecule has 0 aliphatic carbocycles. The van der Waals surface area contributed by atoms with E-state index in [4.69, 9.17) is 16.3 Å². The SMILES string of the molecule is Cc1cccc(Cl)c1N1CC=C[C@]23O[C@@H]4C=CCN(Cc5ccccc5)C(=O)[C@@H]4[C@H]2C(=O)N([C@H](CO)c2ccccc2)C3C1=O. The molecule has 4 aliphatic heterocycles. The number of likely N-dealkylation sites (tertiary alicyclic amines) is 1. The predicted octanol–water partition coefficient (Wildman–Crippen LogP) is 4.46. The minimum absolute atomic E-state index is 0.200. The highest BCUT2D eigenvalue weighted by Crippen LogP contribution is 2.55. The van der Waals surface area contributed by atoms with Gasteiger partial charge in [0.2, 0.25) is 11.8 Å². The lowest BCUT2D eigenvalue weighted by atomic mass is 9.77. The van der Waals surface area contributed by atoms with E-state index in [2.05, 4.69) is 0 Å². The number of nitrogens with zero attached hydrogens (tertiary/aromatic N) is 3. The van der Waals surface area contributed by atoms with E-state index in [0.717, 1.165) is 11.1 Å². The van der Waals surface area contributed by atoms with Crippen LogP contribution in [0.15, 0.2) is 103 Å². The Balaban J connectivity index is 1.36. The number of aliphatic hydroxyl groups excluding tert-OH is 1. The van der Waals surface area contributed by atoms with Gasteiger partial charge in [0.1, 0.15) is 11.6 Å². The minimum Gasteiger partial charge on any atom is -0.394 e. The van der Waals surface area contributed by atoms with Crippen molar-refractivity contribution in [2.45, 2.75) is 37.3 Å². The molecule has 4 heterocycles. The zero-order chi connectivity index (χ0) is 31.3. The predicted molar refractivity (Wildman–Crippen MR) is 170 cm³/mol. The molecule has 230 valence electrons. The normalized spacial score (nSPS) is 28.1. The van der Waals surface area contributed by atoms with E-state index in [-0.39, 0.29) is 18.4 Å². The smallest absolute Gasteiger partial charge is 0.253 e. The summed E-state index contributed by atoms with van der Waals surface area (Å²) in [5.74, 6) is -2.81. The Kier molecular flexibility index (Phi) is 7.60. The Labute approximate surface area is 267 Å². The molecule has 0 saturated carbocycles. The number of rotatable bonds is 6. The maximum Gasteiger partial charge on any atom is 0.253 e. The number of amides is 3. The second-order valence-corrected chi connectivity index (χ2v) is 12.5. The van der Waals surface area contributed by atoms with Crippen molar-refractivity contribution in [2.75, 3.05) is 24.6 Å². The Hall–Kier alpha value is -4.24. The van der Waals surface area contributed by atoms with Crippen LogP contribution in [-0.4, -0.2) is 70.1 Å². The fourth-order valence-corrected chi connectivity index (χ4v) is 7.93. The summed E-state index contributed by atoms with van der Waals surface area (Å²) in [5, 5.41) is 11.2. The van der Waals surface area contributed by atoms with Crippen LogP contribution in [0.4, 0.5) is 5.69 Å². The van der Waals surface area contributed by atoms with Crippen LogP contribution < -0.4 is 4.90 Å². The molecule has 0 radical (unpaired) electrons. The molecule has 45 heavy (non-hydrogen) atoms. The van der Waals surface area contributed by atoms with Crippen molar-refractivity contribution in [1.29, 1.82) is 0 Å². The summed E-state index contributed by atoms with van der Waals surface area (Å²) in [5.41, 5.74) is 1.58. The first-order valence-corrected chi connectivity index (χ1v) is 15.6. The van der Waals surface area contributed by atoms with Crippen LogP contribution in [0.2, 0.25) is 5.02 Å². The van der Waals surface area contributed by atoms with Gasteiger partial charge in [-0.15, -0.1) is 0 Å². The number of halogens is 1. The molecule has 1 spiro atoms. The van der Waals surface area contributed by atoms with Crippen molar-refractivity contribution in [3.05, 3.63) is 125 Å². The molecule has 6 atom stereocenters. The van der Waals surface area contributed by atoms with Crippen molar-refractivity contribution in [1.82, 2.24) is 9.80 Å². The Morgan fingerprint density at radius 1 is 0.911 bits per heavy atom. The monoisotopic (exact) mass is 623 g/mol. The molecule has 2 saturated heterocycles. The van der Waals surface area contributed by atoms with Gasteiger partial charge in [0.25, 0.3) is 5.91 Å². The van der Waals surface area contributed by atoms with Gasteiger partial charge in [-0.3, -0.25) is 14.4 Å². The molecule has 3 amide bonds. The van der Waals surface area contributed by atoms with E-state index in [1.54, 1.807) is 21.9 Å². The van der Waals surface area contributed by atoms with E-state index in [0.29, 0.717) is 29.4 Å². The summed E-state index contributed by atoms with van der Waals surface area (Å²) in [6.07, 6.45) is 6.70. The molecule has 0 bridgehead atoms. The van der Waals surface area contributed by atoms with Gasteiger partial charge in [0.15, 0.2) is 0 Å². The number of carbonyl (C=O) groups is 3. The van der Waals surface area contributed by atoms with Crippen molar-refractivity contribution < 1.29 is 24.2 Å². The zero-order valence-corrected chi connectivity index (χ0v) is 25.6. The fourth-order valence-electron chi connectivity index (χ4n) is 7.61. The molecular formula is C36H34ClN3O5. The summed E-state index contributed by atoms with van der Waals surface area (Å²) < 4.78 is 6.81. The van der Waals surface area contributed by atoms with Gasteiger partial charge in [0.05, 0.1) is 41.3 Å². The first-order valence-electron chi connectivity index (χ1n) is 15.2. The summed E-state index contributed by atoms with van der Waals surface area (Å²) in [6.45, 7) is 2.43. The summed E-state index contributed by atoms with van der Waals surface area (Å²) in [6, 6.07) is 22.3. The van der Waals surface area contributed by atoms with Crippen LogP contribution in [0.25, 0.3) is 0 Å². The molecule has 2 fully saturated rings. The third-order valence-corrected chi connectivity index (χ3v) is 9.85. The highest BCUT2D eigenvalue weighted by Gasteiger charge is 2.72. The van der Waals surface area contributed by atoms with Gasteiger partial charge in [-0.05, 0) is 29.7 Å². The number of para-hydroxylation sites is 1. The zero-order valence-electron chi connectivity index (χ0n) is 24.8. The van der Waals surface area contributed by atoms with E-state index >= 15 is 0 Å². The Morgan fingerprint density at radius 2 is 1.64 bits per heavy atom. The Bertz CT molecular complexity index is 1670. The summed E-state index contributed by atoms with van der Waals surface area (Å²) in [7, 11) is 0. The summed E-state index contributed by atoms with van der Waals surface area (Å²) in [4.78, 5) is 48.9. The number of hydrogen-bond donors (Lipinski definition) is 1. The lowest BCUT2D eigenvalue weighted by Gasteiger charge is -2.39. The standard InChI is InChI=1S/C36H34ClN3O5/c1-23-11-8-16-26(37)31(23)39-20-10-18-36-30(34(43)40(32(36)35(39)44)27(22-41)25-14-6-3-7-15-25)29-28(45-36)17-9-19-38(33(29)42)21-24-12-4-2-5-13-24/h2-18,27-30,32,41H,19-22H2,1H3/t27-,28-,29+,30+,32?,36+/m1/s1. The van der Waals surface area contributed by atoms with Gasteiger partial charge in [-0.1, -0.05) is 109 Å². The second kappa shape index (κ2) is 11.6. The third kappa shape index (κ3) is 4.71. The molecule has 9 heteroatoms. The van der Waals surface area contributed by atoms with E-state index < -0.39 is 48.1 Å². The molecule has 7 rings (SSSR count). The quantitative estimate of drug-likeness (QED) is 0.410. The van der Waals surface area contributed by atoms with Gasteiger partial charge in [0, 0.05) is 19.6 Å². The number of benzene rings is 3. The third-order valence-electron chi connectivity index (χ3n) is 9.55. The summed E-state index contributed by atoms with van der Waals surface area (Å²) >= 11 is 6.67. The first-order chi connectivity index (χ1) is 21.9. The van der Waals surface area contributed by atoms with Crippen molar-refractivity contribution in [3.63, 3.8) is 0 Å². The molecular weight excluding hydrogens is 590 g/mol. The van der Waals surface area contributed by atoms with Crippen LogP contribution in [-0.2, 0) is 25.7 Å². The van der Waals surface area contributed by atoms with Crippen LogP contribution in [0.1, 0.15) is 22.7 Å². The molecule has 8 nitrogen and oxygen atoms in total. The van der Waals surface area contributed by atoms with E-state index in [1.807, 2.05) is 97.9 Å². The van der Waals surface area contributed by atoms with Gasteiger partial charge in [-0.2, -0.15) is 0 Å². The number of fused-ring (bicyclic) bond motifs is 2. The number of anilines is 1. The van der Waals surface area contributed by atoms with Crippen molar-refractivity contribution in [2.24, 2.45) is 11.8 Å². The van der Waals surface area contributed by atoms with Crippen molar-refractivity contribution in [3.8, 4) is 0 Å². The van der Waals surface area contributed by atoms with Crippen LogP contribution in [0, 0.1) is 18.8 Å².